The Balaban J connectivity index is 2.15. The molecule has 0 saturated heterocycles. The largest absolute Gasteiger partial charge is 0.504 e. The third-order valence-electron chi connectivity index (χ3n) is 2.32. The molecule has 2 rings (SSSR count). The number of thiazole rings is 1. The number of anilines is 1. The number of nitrogens with one attached hydrogen (secondary N) is 1. The molecule has 6 nitrogen and oxygen atoms in total. The van der Waals surface area contributed by atoms with Crippen LogP contribution in [0.15, 0.2) is 23.6 Å². The number of hydrogen-bond acceptors (Lipinski definition) is 6. The second kappa shape index (κ2) is 5.07. The van der Waals surface area contributed by atoms with Gasteiger partial charge < -0.3 is 10.2 Å². The molecular formula is C12H10N2O4S. The van der Waals surface area contributed by atoms with Crippen LogP contribution in [0, 0.1) is 0 Å². The summed E-state index contributed by atoms with van der Waals surface area (Å²) in [7, 11) is 0. The summed E-state index contributed by atoms with van der Waals surface area (Å²) in [6, 6.07) is 3.72. The normalized spacial score (nSPS) is 10.2. The van der Waals surface area contributed by atoms with Crippen LogP contribution in [0.4, 0.5) is 5.13 Å². The molecule has 7 heteroatoms. The zero-order chi connectivity index (χ0) is 14.0. The molecular weight excluding hydrogens is 268 g/mol. The van der Waals surface area contributed by atoms with Crippen molar-refractivity contribution in [1.29, 1.82) is 0 Å². The van der Waals surface area contributed by atoms with Gasteiger partial charge in [0.05, 0.1) is 0 Å². The first-order chi connectivity index (χ1) is 8.97. The first-order valence-electron chi connectivity index (χ1n) is 5.27. The van der Waals surface area contributed by atoms with Crippen molar-refractivity contribution in [3.05, 3.63) is 34.8 Å². The molecule has 0 aliphatic carbocycles. The topological polar surface area (TPSA) is 99.5 Å². The third-order valence-corrected chi connectivity index (χ3v) is 3.08. The van der Waals surface area contributed by atoms with E-state index in [1.807, 2.05) is 0 Å². The molecule has 0 radical (unpaired) electrons. The first-order valence-corrected chi connectivity index (χ1v) is 6.15. The summed E-state index contributed by atoms with van der Waals surface area (Å²) in [5, 5.41) is 22.8. The highest BCUT2D eigenvalue weighted by atomic mass is 32.1. The number of aromatic nitrogens is 1. The number of phenolic OH excluding ortho intramolecular Hbond substituents is 2. The van der Waals surface area contributed by atoms with E-state index in [2.05, 4.69) is 10.3 Å². The predicted octanol–water partition coefficient (Wildman–Crippen LogP) is 2.01. The van der Waals surface area contributed by atoms with Crippen LogP contribution in [0.3, 0.4) is 0 Å². The minimum absolute atomic E-state index is 0.176. The van der Waals surface area contributed by atoms with Crippen molar-refractivity contribution in [2.24, 2.45) is 0 Å². The summed E-state index contributed by atoms with van der Waals surface area (Å²) in [6.07, 6.45) is 0. The number of benzene rings is 1. The zero-order valence-corrected chi connectivity index (χ0v) is 10.7. The van der Waals surface area contributed by atoms with Crippen LogP contribution in [0.2, 0.25) is 0 Å². The lowest BCUT2D eigenvalue weighted by atomic mass is 10.2. The van der Waals surface area contributed by atoms with Crippen LogP contribution in [0.1, 0.15) is 27.8 Å². The van der Waals surface area contributed by atoms with Crippen LogP contribution in [-0.4, -0.2) is 26.9 Å². The molecule has 0 saturated carbocycles. The van der Waals surface area contributed by atoms with Crippen LogP contribution in [0.25, 0.3) is 0 Å². The van der Waals surface area contributed by atoms with Gasteiger partial charge in [0, 0.05) is 17.9 Å². The van der Waals surface area contributed by atoms with Crippen molar-refractivity contribution in [3.63, 3.8) is 0 Å². The molecule has 1 aromatic heterocycles. The quantitative estimate of drug-likeness (QED) is 0.589. The fourth-order valence-corrected chi connectivity index (χ4v) is 2.07. The van der Waals surface area contributed by atoms with Crippen LogP contribution < -0.4 is 5.32 Å². The Morgan fingerprint density at radius 2 is 2.00 bits per heavy atom. The number of amides is 1. The minimum Gasteiger partial charge on any atom is -0.504 e. The number of nitrogens with zero attached hydrogens (tertiary/aromatic N) is 1. The Morgan fingerprint density at radius 1 is 1.26 bits per heavy atom. The van der Waals surface area contributed by atoms with E-state index in [1.54, 1.807) is 5.38 Å². The average Bonchev–Trinajstić information content (AvgIpc) is 2.81. The van der Waals surface area contributed by atoms with Crippen molar-refractivity contribution in [2.45, 2.75) is 6.92 Å². The van der Waals surface area contributed by atoms with Gasteiger partial charge in [-0.15, -0.1) is 11.3 Å². The van der Waals surface area contributed by atoms with E-state index in [0.29, 0.717) is 5.13 Å². The second-order valence-electron chi connectivity index (χ2n) is 3.75. The molecule has 0 atom stereocenters. The molecule has 1 heterocycles. The second-order valence-corrected chi connectivity index (χ2v) is 4.61. The number of carbonyl (C=O) groups is 2. The Labute approximate surface area is 112 Å². The maximum Gasteiger partial charge on any atom is 0.257 e. The highest BCUT2D eigenvalue weighted by molar-refractivity contribution is 7.14. The standard InChI is InChI=1S/C12H10N2O4S/c1-6(15)8-5-19-12(13-8)14-11(18)7-2-3-9(16)10(17)4-7/h2-5,16-17H,1H3,(H,13,14,18). The number of aromatic hydroxyl groups is 2. The molecule has 98 valence electrons. The molecule has 2 aromatic rings. The lowest BCUT2D eigenvalue weighted by molar-refractivity contribution is 0.100. The molecule has 1 aromatic carbocycles. The molecule has 0 unspecified atom stereocenters. The number of rotatable bonds is 3. The van der Waals surface area contributed by atoms with E-state index < -0.39 is 5.91 Å². The van der Waals surface area contributed by atoms with Crippen molar-refractivity contribution in [1.82, 2.24) is 4.98 Å². The molecule has 19 heavy (non-hydrogen) atoms. The molecule has 0 aliphatic rings. The van der Waals surface area contributed by atoms with Crippen LogP contribution in [0.5, 0.6) is 11.5 Å². The average molecular weight is 278 g/mol. The van der Waals surface area contributed by atoms with E-state index in [4.69, 9.17) is 5.11 Å². The Morgan fingerprint density at radius 3 is 2.58 bits per heavy atom. The number of Topliss-reactive ketones (excluding diaryl/α,β-unsaturated/α-hetero) is 1. The number of ketones is 1. The summed E-state index contributed by atoms with van der Waals surface area (Å²) in [5.74, 6) is -1.35. The monoisotopic (exact) mass is 278 g/mol. The van der Waals surface area contributed by atoms with E-state index in [9.17, 15) is 14.7 Å². The summed E-state index contributed by atoms with van der Waals surface area (Å²) in [4.78, 5) is 26.8. The maximum absolute atomic E-state index is 11.8. The van der Waals surface area contributed by atoms with Gasteiger partial charge in [0.2, 0.25) is 0 Å². The lowest BCUT2D eigenvalue weighted by Gasteiger charge is -2.03. The minimum atomic E-state index is -0.486. The zero-order valence-electron chi connectivity index (χ0n) is 9.88. The summed E-state index contributed by atoms with van der Waals surface area (Å²) < 4.78 is 0. The number of carbonyl (C=O) groups excluding carboxylic acids is 2. The van der Waals surface area contributed by atoms with E-state index >= 15 is 0 Å². The Kier molecular flexibility index (Phi) is 3.48. The number of phenols is 2. The molecule has 0 fully saturated rings. The van der Waals surface area contributed by atoms with E-state index in [1.165, 1.54) is 19.1 Å². The molecule has 0 bridgehead atoms. The predicted molar refractivity (Wildman–Crippen MR) is 69.8 cm³/mol. The van der Waals surface area contributed by atoms with Crippen molar-refractivity contribution in [2.75, 3.05) is 5.32 Å². The highest BCUT2D eigenvalue weighted by Crippen LogP contribution is 2.25. The van der Waals surface area contributed by atoms with Crippen LogP contribution >= 0.6 is 11.3 Å². The van der Waals surface area contributed by atoms with Gasteiger partial charge in [0.15, 0.2) is 22.4 Å². The van der Waals surface area contributed by atoms with Crippen molar-refractivity contribution in [3.8, 4) is 11.5 Å². The molecule has 1 amide bonds. The highest BCUT2D eigenvalue weighted by Gasteiger charge is 2.12. The van der Waals surface area contributed by atoms with Gasteiger partial charge >= 0.3 is 0 Å². The smallest absolute Gasteiger partial charge is 0.257 e. The molecule has 0 aliphatic heterocycles. The summed E-state index contributed by atoms with van der Waals surface area (Å²) >= 11 is 1.13. The van der Waals surface area contributed by atoms with Crippen molar-refractivity contribution < 1.29 is 19.8 Å². The van der Waals surface area contributed by atoms with Gasteiger partial charge in [0.1, 0.15) is 5.69 Å². The van der Waals surface area contributed by atoms with Gasteiger partial charge in [-0.25, -0.2) is 4.98 Å². The molecule has 3 N–H and O–H groups in total. The SMILES string of the molecule is CC(=O)c1csc(NC(=O)c2ccc(O)c(O)c2)n1. The fourth-order valence-electron chi connectivity index (χ4n) is 1.33. The Bertz CT molecular complexity index is 651. The number of hydrogen-bond donors (Lipinski definition) is 3. The summed E-state index contributed by atoms with van der Waals surface area (Å²) in [6.45, 7) is 1.39. The van der Waals surface area contributed by atoms with Crippen LogP contribution in [-0.2, 0) is 0 Å². The van der Waals surface area contributed by atoms with Gasteiger partial charge in [-0.3, -0.25) is 14.9 Å². The fraction of sp³-hybridized carbons (Fsp3) is 0.0833. The van der Waals surface area contributed by atoms with Gasteiger partial charge in [-0.1, -0.05) is 0 Å². The van der Waals surface area contributed by atoms with Gasteiger partial charge in [-0.2, -0.15) is 0 Å². The van der Waals surface area contributed by atoms with Gasteiger partial charge in [0.25, 0.3) is 5.91 Å². The summed E-state index contributed by atoms with van der Waals surface area (Å²) in [5.41, 5.74) is 0.462. The maximum atomic E-state index is 11.8. The van der Waals surface area contributed by atoms with Gasteiger partial charge in [-0.05, 0) is 18.2 Å². The third kappa shape index (κ3) is 2.89. The molecule has 0 spiro atoms. The van der Waals surface area contributed by atoms with Crippen molar-refractivity contribution >= 4 is 28.2 Å². The van der Waals surface area contributed by atoms with E-state index in [0.717, 1.165) is 17.4 Å². The Hall–Kier alpha value is -2.41. The van der Waals surface area contributed by atoms with E-state index in [-0.39, 0.29) is 28.5 Å². The lowest BCUT2D eigenvalue weighted by Crippen LogP contribution is -2.11. The first kappa shape index (κ1) is 13.0.